The highest BCUT2D eigenvalue weighted by Gasteiger charge is 2.21. The summed E-state index contributed by atoms with van der Waals surface area (Å²) in [5.41, 5.74) is 0.623. The first-order valence-corrected chi connectivity index (χ1v) is 7.12. The highest BCUT2D eigenvalue weighted by Crippen LogP contribution is 2.19. The number of aromatic nitrogens is 1. The largest absolute Gasteiger partial charge is 0.439 e. The van der Waals surface area contributed by atoms with Crippen molar-refractivity contribution in [2.45, 2.75) is 6.04 Å². The molecule has 0 aliphatic carbocycles. The minimum Gasteiger partial charge on any atom is -0.439 e. The molecule has 2 heterocycles. The van der Waals surface area contributed by atoms with E-state index in [1.807, 2.05) is 30.3 Å². The van der Waals surface area contributed by atoms with Crippen molar-refractivity contribution in [3.8, 4) is 11.6 Å². The number of para-hydroxylation sites is 1. The molecule has 130 valence electrons. The van der Waals surface area contributed by atoms with Crippen molar-refractivity contribution in [3.63, 3.8) is 0 Å². The molecule has 2 N–H and O–H groups in total. The summed E-state index contributed by atoms with van der Waals surface area (Å²) in [4.78, 5) is 16.2. The van der Waals surface area contributed by atoms with Crippen LogP contribution in [0.15, 0.2) is 48.7 Å². The molecule has 24 heavy (non-hydrogen) atoms. The van der Waals surface area contributed by atoms with Crippen LogP contribution in [0.1, 0.15) is 0 Å². The normalized spacial score (nSPS) is 16.2. The molecular weight excluding hydrogens is 353 g/mol. The predicted molar refractivity (Wildman–Crippen MR) is 96.5 cm³/mol. The van der Waals surface area contributed by atoms with E-state index in [0.29, 0.717) is 31.3 Å². The van der Waals surface area contributed by atoms with Crippen molar-refractivity contribution >= 4 is 36.4 Å². The predicted octanol–water partition coefficient (Wildman–Crippen LogP) is 2.64. The topological polar surface area (TPSA) is 72.5 Å². The van der Waals surface area contributed by atoms with E-state index < -0.39 is 0 Å². The molecule has 0 spiro atoms. The SMILES string of the molecule is Cl.Cl.O=C(Nc1ccc(Oc2ccccc2)nc1)C1COCCN1. The van der Waals surface area contributed by atoms with Gasteiger partial charge in [0.2, 0.25) is 11.8 Å². The zero-order chi connectivity index (χ0) is 15.2. The van der Waals surface area contributed by atoms with Crippen molar-refractivity contribution < 1.29 is 14.3 Å². The van der Waals surface area contributed by atoms with Crippen LogP contribution in [-0.2, 0) is 9.53 Å². The summed E-state index contributed by atoms with van der Waals surface area (Å²) >= 11 is 0. The number of hydrogen-bond donors (Lipinski definition) is 2. The maximum atomic E-state index is 12.0. The molecule has 6 nitrogen and oxygen atoms in total. The number of pyridine rings is 1. The second-order valence-electron chi connectivity index (χ2n) is 4.87. The molecule has 1 saturated heterocycles. The lowest BCUT2D eigenvalue weighted by Crippen LogP contribution is -2.48. The second kappa shape index (κ2) is 10.1. The minimum absolute atomic E-state index is 0. The van der Waals surface area contributed by atoms with E-state index in [2.05, 4.69) is 15.6 Å². The maximum Gasteiger partial charge on any atom is 0.243 e. The quantitative estimate of drug-likeness (QED) is 0.864. The Bertz CT molecular complexity index is 620. The smallest absolute Gasteiger partial charge is 0.243 e. The molecule has 1 unspecified atom stereocenters. The first-order chi connectivity index (χ1) is 10.8. The molecule has 1 aromatic carbocycles. The van der Waals surface area contributed by atoms with Crippen molar-refractivity contribution in [3.05, 3.63) is 48.7 Å². The Kier molecular flexibility index (Phi) is 8.49. The van der Waals surface area contributed by atoms with Crippen LogP contribution in [0.25, 0.3) is 0 Å². The molecule has 1 atom stereocenters. The van der Waals surface area contributed by atoms with Gasteiger partial charge in [-0.1, -0.05) is 18.2 Å². The number of hydrogen-bond acceptors (Lipinski definition) is 5. The molecule has 1 aliphatic heterocycles. The van der Waals surface area contributed by atoms with Crippen LogP contribution >= 0.6 is 24.8 Å². The summed E-state index contributed by atoms with van der Waals surface area (Å²) in [7, 11) is 0. The minimum atomic E-state index is -0.325. The van der Waals surface area contributed by atoms with E-state index >= 15 is 0 Å². The lowest BCUT2D eigenvalue weighted by Gasteiger charge is -2.22. The van der Waals surface area contributed by atoms with E-state index in [-0.39, 0.29) is 36.8 Å². The third kappa shape index (κ3) is 5.65. The summed E-state index contributed by atoms with van der Waals surface area (Å²) in [6.45, 7) is 1.70. The summed E-state index contributed by atoms with van der Waals surface area (Å²) < 4.78 is 10.9. The number of benzene rings is 1. The van der Waals surface area contributed by atoms with Crippen molar-refractivity contribution in [2.24, 2.45) is 0 Å². The van der Waals surface area contributed by atoms with Crippen molar-refractivity contribution in [1.82, 2.24) is 10.3 Å². The van der Waals surface area contributed by atoms with E-state index in [9.17, 15) is 4.79 Å². The van der Waals surface area contributed by atoms with Crippen LogP contribution in [0, 0.1) is 0 Å². The molecule has 2 aromatic rings. The van der Waals surface area contributed by atoms with Gasteiger partial charge < -0.3 is 20.1 Å². The zero-order valence-electron chi connectivity index (χ0n) is 12.8. The van der Waals surface area contributed by atoms with Crippen LogP contribution in [0.5, 0.6) is 11.6 Å². The highest BCUT2D eigenvalue weighted by molar-refractivity contribution is 5.94. The standard InChI is InChI=1S/C16H17N3O3.2ClH/c20-16(14-11-21-9-8-17-14)19-12-6-7-15(18-10-12)22-13-4-2-1-3-5-13;;/h1-7,10,14,17H,8-9,11H2,(H,19,20);2*1H. The number of amides is 1. The molecule has 0 saturated carbocycles. The second-order valence-corrected chi connectivity index (χ2v) is 4.87. The van der Waals surface area contributed by atoms with Crippen LogP contribution in [0.2, 0.25) is 0 Å². The van der Waals surface area contributed by atoms with Crippen molar-refractivity contribution in [1.29, 1.82) is 0 Å². The van der Waals surface area contributed by atoms with Gasteiger partial charge in [-0.05, 0) is 18.2 Å². The summed E-state index contributed by atoms with van der Waals surface area (Å²) in [5, 5.41) is 5.90. The molecule has 1 amide bonds. The highest BCUT2D eigenvalue weighted by atomic mass is 35.5. The molecule has 1 fully saturated rings. The Morgan fingerprint density at radius 1 is 1.21 bits per heavy atom. The van der Waals surface area contributed by atoms with E-state index in [0.717, 1.165) is 5.75 Å². The Hall–Kier alpha value is -1.86. The average Bonchev–Trinajstić information content (AvgIpc) is 2.58. The average molecular weight is 372 g/mol. The summed E-state index contributed by atoms with van der Waals surface area (Å²) in [5.74, 6) is 1.07. The van der Waals surface area contributed by atoms with Gasteiger partial charge in [0.1, 0.15) is 11.8 Å². The Morgan fingerprint density at radius 3 is 2.62 bits per heavy atom. The molecule has 3 rings (SSSR count). The fourth-order valence-corrected chi connectivity index (χ4v) is 2.09. The lowest BCUT2D eigenvalue weighted by atomic mass is 10.2. The Labute approximate surface area is 152 Å². The number of halogens is 2. The van der Waals surface area contributed by atoms with Gasteiger partial charge in [-0.25, -0.2) is 4.98 Å². The summed E-state index contributed by atoms with van der Waals surface area (Å²) in [6, 6.07) is 12.6. The molecule has 0 bridgehead atoms. The lowest BCUT2D eigenvalue weighted by molar-refractivity contribution is -0.120. The number of morpholine rings is 1. The van der Waals surface area contributed by atoms with Gasteiger partial charge in [-0.15, -0.1) is 24.8 Å². The number of rotatable bonds is 4. The third-order valence-corrected chi connectivity index (χ3v) is 3.21. The van der Waals surface area contributed by atoms with Gasteiger partial charge in [-0.2, -0.15) is 0 Å². The zero-order valence-corrected chi connectivity index (χ0v) is 14.4. The fourth-order valence-electron chi connectivity index (χ4n) is 2.09. The van der Waals surface area contributed by atoms with Gasteiger partial charge in [-0.3, -0.25) is 4.79 Å². The van der Waals surface area contributed by atoms with Crippen molar-refractivity contribution in [2.75, 3.05) is 25.1 Å². The van der Waals surface area contributed by atoms with Gasteiger partial charge in [0.15, 0.2) is 0 Å². The van der Waals surface area contributed by atoms with Gasteiger partial charge in [0.25, 0.3) is 0 Å². The Morgan fingerprint density at radius 2 is 2.00 bits per heavy atom. The van der Waals surface area contributed by atoms with Crippen LogP contribution in [0.4, 0.5) is 5.69 Å². The number of carbonyl (C=O) groups is 1. The summed E-state index contributed by atoms with van der Waals surface area (Å²) in [6.07, 6.45) is 1.57. The first-order valence-electron chi connectivity index (χ1n) is 7.12. The number of anilines is 1. The fraction of sp³-hybridized carbons (Fsp3) is 0.250. The van der Waals surface area contributed by atoms with Crippen LogP contribution in [-0.4, -0.2) is 36.7 Å². The van der Waals surface area contributed by atoms with Crippen LogP contribution in [0.3, 0.4) is 0 Å². The molecule has 8 heteroatoms. The van der Waals surface area contributed by atoms with Crippen LogP contribution < -0.4 is 15.4 Å². The number of nitrogens with one attached hydrogen (secondary N) is 2. The van der Waals surface area contributed by atoms with Gasteiger partial charge in [0, 0.05) is 12.6 Å². The monoisotopic (exact) mass is 371 g/mol. The third-order valence-electron chi connectivity index (χ3n) is 3.21. The van der Waals surface area contributed by atoms with E-state index in [4.69, 9.17) is 9.47 Å². The van der Waals surface area contributed by atoms with Gasteiger partial charge >= 0.3 is 0 Å². The molecule has 1 aliphatic rings. The van der Waals surface area contributed by atoms with Gasteiger partial charge in [0.05, 0.1) is 25.1 Å². The molecule has 0 radical (unpaired) electrons. The first kappa shape index (κ1) is 20.2. The number of nitrogens with zero attached hydrogens (tertiary/aromatic N) is 1. The number of ether oxygens (including phenoxy) is 2. The number of carbonyl (C=O) groups excluding carboxylic acids is 1. The molecular formula is C16H19Cl2N3O3. The van der Waals surface area contributed by atoms with E-state index in [1.54, 1.807) is 18.3 Å². The Balaban J connectivity index is 0.00000144. The van der Waals surface area contributed by atoms with E-state index in [1.165, 1.54) is 0 Å². The maximum absolute atomic E-state index is 12.0. The molecule has 1 aromatic heterocycles.